The van der Waals surface area contributed by atoms with Gasteiger partial charge in [0, 0.05) is 13.1 Å². The summed E-state index contributed by atoms with van der Waals surface area (Å²) in [5.41, 5.74) is 0.755. The van der Waals surface area contributed by atoms with Gasteiger partial charge in [-0.1, -0.05) is 30.3 Å². The minimum atomic E-state index is -0.970. The zero-order valence-electron chi connectivity index (χ0n) is 11.7. The first-order chi connectivity index (χ1) is 10.1. The monoisotopic (exact) mass is 292 g/mol. The van der Waals surface area contributed by atoms with E-state index in [0.717, 1.165) is 12.0 Å². The molecule has 0 aliphatic carbocycles. The van der Waals surface area contributed by atoms with Crippen molar-refractivity contribution in [1.82, 2.24) is 10.2 Å². The molecule has 1 saturated heterocycles. The van der Waals surface area contributed by atoms with Crippen LogP contribution in [-0.4, -0.2) is 46.3 Å². The fourth-order valence-electron chi connectivity index (χ4n) is 2.49. The van der Waals surface area contributed by atoms with Gasteiger partial charge in [0.05, 0.1) is 18.6 Å². The van der Waals surface area contributed by atoms with Gasteiger partial charge < -0.3 is 20.4 Å². The minimum absolute atomic E-state index is 0.174. The highest BCUT2D eigenvalue weighted by Crippen LogP contribution is 2.18. The first kappa shape index (κ1) is 15.3. The van der Waals surface area contributed by atoms with E-state index in [1.165, 1.54) is 4.90 Å². The molecule has 3 N–H and O–H groups in total. The molecule has 1 heterocycles. The standard InChI is InChI=1S/C15H20N2O4/c18-12-7-4-8-17(10-12)15(21)16-13(9-14(19)20)11-5-2-1-3-6-11/h1-3,5-6,12-13,18H,4,7-10H2,(H,16,21)(H,19,20). The number of carbonyl (C=O) groups is 2. The molecule has 0 saturated carbocycles. The van der Waals surface area contributed by atoms with E-state index in [9.17, 15) is 14.7 Å². The Labute approximate surface area is 123 Å². The van der Waals surface area contributed by atoms with Crippen molar-refractivity contribution in [2.75, 3.05) is 13.1 Å². The van der Waals surface area contributed by atoms with Gasteiger partial charge in [0.15, 0.2) is 0 Å². The average Bonchev–Trinajstić information content (AvgIpc) is 2.47. The predicted octanol–water partition coefficient (Wildman–Crippen LogP) is 1.37. The van der Waals surface area contributed by atoms with Crippen molar-refractivity contribution in [2.24, 2.45) is 0 Å². The lowest BCUT2D eigenvalue weighted by molar-refractivity contribution is -0.137. The third kappa shape index (κ3) is 4.46. The third-order valence-corrected chi connectivity index (χ3v) is 3.56. The molecule has 2 amide bonds. The van der Waals surface area contributed by atoms with E-state index in [-0.39, 0.29) is 12.5 Å². The van der Waals surface area contributed by atoms with Crippen molar-refractivity contribution in [3.63, 3.8) is 0 Å². The Kier molecular flexibility index (Phi) is 5.16. The van der Waals surface area contributed by atoms with Crippen LogP contribution in [0.1, 0.15) is 30.9 Å². The van der Waals surface area contributed by atoms with Crippen LogP contribution in [0.3, 0.4) is 0 Å². The number of nitrogens with one attached hydrogen (secondary N) is 1. The van der Waals surface area contributed by atoms with E-state index in [1.54, 1.807) is 24.3 Å². The summed E-state index contributed by atoms with van der Waals surface area (Å²) in [4.78, 5) is 24.7. The van der Waals surface area contributed by atoms with Crippen LogP contribution in [0.25, 0.3) is 0 Å². The predicted molar refractivity (Wildman–Crippen MR) is 76.8 cm³/mol. The summed E-state index contributed by atoms with van der Waals surface area (Å²) in [7, 11) is 0. The highest BCUT2D eigenvalue weighted by atomic mass is 16.4. The van der Waals surface area contributed by atoms with Gasteiger partial charge >= 0.3 is 12.0 Å². The van der Waals surface area contributed by atoms with E-state index < -0.39 is 18.1 Å². The van der Waals surface area contributed by atoms with Gasteiger partial charge in [-0.3, -0.25) is 4.79 Å². The van der Waals surface area contributed by atoms with Crippen LogP contribution in [-0.2, 0) is 4.79 Å². The molecule has 21 heavy (non-hydrogen) atoms. The number of piperidine rings is 1. The third-order valence-electron chi connectivity index (χ3n) is 3.56. The molecule has 0 bridgehead atoms. The lowest BCUT2D eigenvalue weighted by atomic mass is 10.0. The van der Waals surface area contributed by atoms with E-state index in [0.29, 0.717) is 19.5 Å². The molecule has 2 rings (SSSR count). The lowest BCUT2D eigenvalue weighted by Crippen LogP contribution is -2.48. The number of nitrogens with zero attached hydrogens (tertiary/aromatic N) is 1. The minimum Gasteiger partial charge on any atom is -0.481 e. The quantitative estimate of drug-likeness (QED) is 0.782. The number of benzene rings is 1. The molecular formula is C15H20N2O4. The maximum Gasteiger partial charge on any atom is 0.317 e. The normalized spacial score (nSPS) is 19.9. The molecule has 0 radical (unpaired) electrons. The Bertz CT molecular complexity index is 492. The topological polar surface area (TPSA) is 89.9 Å². The number of carbonyl (C=O) groups excluding carboxylic acids is 1. The molecule has 1 fully saturated rings. The number of hydrogen-bond donors (Lipinski definition) is 3. The molecule has 1 aliphatic rings. The lowest BCUT2D eigenvalue weighted by Gasteiger charge is -2.31. The molecule has 1 aliphatic heterocycles. The Hall–Kier alpha value is -2.08. The molecule has 6 nitrogen and oxygen atoms in total. The zero-order chi connectivity index (χ0) is 15.2. The van der Waals surface area contributed by atoms with Crippen LogP contribution in [0.15, 0.2) is 30.3 Å². The smallest absolute Gasteiger partial charge is 0.317 e. The number of aliphatic carboxylic acids is 1. The van der Waals surface area contributed by atoms with Crippen molar-refractivity contribution < 1.29 is 19.8 Å². The number of urea groups is 1. The highest BCUT2D eigenvalue weighted by Gasteiger charge is 2.25. The summed E-state index contributed by atoms with van der Waals surface area (Å²) >= 11 is 0. The number of likely N-dealkylation sites (tertiary alicyclic amines) is 1. The summed E-state index contributed by atoms with van der Waals surface area (Å²) < 4.78 is 0. The first-order valence-corrected chi connectivity index (χ1v) is 7.06. The Morgan fingerprint density at radius 3 is 2.67 bits per heavy atom. The highest BCUT2D eigenvalue weighted by molar-refractivity contribution is 5.76. The molecule has 0 aromatic heterocycles. The number of aliphatic hydroxyl groups is 1. The Balaban J connectivity index is 2.04. The maximum atomic E-state index is 12.2. The number of carboxylic acids is 1. The second-order valence-electron chi connectivity index (χ2n) is 5.25. The number of β-amino-alcohol motifs (C(OH)–C–C–N with tert-alkyl or cyclic N) is 1. The summed E-state index contributed by atoms with van der Waals surface area (Å²) in [5, 5.41) is 21.4. The van der Waals surface area contributed by atoms with Gasteiger partial charge in [0.2, 0.25) is 0 Å². The SMILES string of the molecule is O=C(O)CC(NC(=O)N1CCCC(O)C1)c1ccccc1. The molecule has 1 aromatic rings. The van der Waals surface area contributed by atoms with Gasteiger partial charge in [-0.2, -0.15) is 0 Å². The Morgan fingerprint density at radius 2 is 2.05 bits per heavy atom. The van der Waals surface area contributed by atoms with E-state index in [2.05, 4.69) is 5.32 Å². The molecule has 1 aromatic carbocycles. The molecular weight excluding hydrogens is 272 g/mol. The summed E-state index contributed by atoms with van der Waals surface area (Å²) in [6, 6.07) is 8.13. The fourth-order valence-corrected chi connectivity index (χ4v) is 2.49. The molecule has 2 unspecified atom stereocenters. The number of hydrogen-bond acceptors (Lipinski definition) is 3. The van der Waals surface area contributed by atoms with Crippen LogP contribution in [0.4, 0.5) is 4.79 Å². The van der Waals surface area contributed by atoms with Crippen LogP contribution < -0.4 is 5.32 Å². The first-order valence-electron chi connectivity index (χ1n) is 7.06. The molecule has 2 atom stereocenters. The average molecular weight is 292 g/mol. The summed E-state index contributed by atoms with van der Waals surface area (Å²) in [5.74, 6) is -0.970. The van der Waals surface area contributed by atoms with Crippen molar-refractivity contribution >= 4 is 12.0 Å². The van der Waals surface area contributed by atoms with Gasteiger partial charge in [-0.15, -0.1) is 0 Å². The van der Waals surface area contributed by atoms with Crippen LogP contribution in [0.5, 0.6) is 0 Å². The van der Waals surface area contributed by atoms with Crippen molar-refractivity contribution in [1.29, 1.82) is 0 Å². The fraction of sp³-hybridized carbons (Fsp3) is 0.467. The van der Waals surface area contributed by atoms with Gasteiger partial charge in [0.1, 0.15) is 0 Å². The van der Waals surface area contributed by atoms with Gasteiger partial charge in [0.25, 0.3) is 0 Å². The van der Waals surface area contributed by atoms with Crippen LogP contribution in [0.2, 0.25) is 0 Å². The number of aliphatic hydroxyl groups excluding tert-OH is 1. The largest absolute Gasteiger partial charge is 0.481 e. The van der Waals surface area contributed by atoms with Gasteiger partial charge in [-0.25, -0.2) is 4.79 Å². The van der Waals surface area contributed by atoms with Crippen molar-refractivity contribution in [2.45, 2.75) is 31.4 Å². The van der Waals surface area contributed by atoms with Crippen LogP contribution >= 0.6 is 0 Å². The van der Waals surface area contributed by atoms with E-state index in [1.807, 2.05) is 6.07 Å². The molecule has 6 heteroatoms. The summed E-state index contributed by atoms with van der Waals surface area (Å²) in [6.45, 7) is 0.873. The number of rotatable bonds is 4. The van der Waals surface area contributed by atoms with E-state index in [4.69, 9.17) is 5.11 Å². The number of carboxylic acid groups (broad SMARTS) is 1. The van der Waals surface area contributed by atoms with Crippen molar-refractivity contribution in [3.05, 3.63) is 35.9 Å². The van der Waals surface area contributed by atoms with Gasteiger partial charge in [-0.05, 0) is 18.4 Å². The summed E-state index contributed by atoms with van der Waals surface area (Å²) in [6.07, 6.45) is 0.774. The molecule has 114 valence electrons. The second kappa shape index (κ2) is 7.08. The number of amides is 2. The van der Waals surface area contributed by atoms with Crippen LogP contribution in [0, 0.1) is 0 Å². The maximum absolute atomic E-state index is 12.2. The Morgan fingerprint density at radius 1 is 1.33 bits per heavy atom. The zero-order valence-corrected chi connectivity index (χ0v) is 11.7. The van der Waals surface area contributed by atoms with Crippen molar-refractivity contribution in [3.8, 4) is 0 Å². The second-order valence-corrected chi connectivity index (χ2v) is 5.25. The molecule has 0 spiro atoms. The van der Waals surface area contributed by atoms with E-state index >= 15 is 0 Å².